The van der Waals surface area contributed by atoms with Gasteiger partial charge in [0.05, 0.1) is 0 Å². The highest BCUT2D eigenvalue weighted by molar-refractivity contribution is 6.41. The summed E-state index contributed by atoms with van der Waals surface area (Å²) in [6.07, 6.45) is 0. The van der Waals surface area contributed by atoms with Crippen LogP contribution >= 0.6 is 0 Å². The molecule has 0 N–H and O–H groups in total. The average Bonchev–Trinajstić information content (AvgIpc) is 3.03. The van der Waals surface area contributed by atoms with Crippen molar-refractivity contribution in [2.75, 3.05) is 0 Å². The first-order valence-corrected chi connectivity index (χ1v) is 16.1. The first-order valence-electron chi connectivity index (χ1n) is 16.1. The zero-order valence-electron chi connectivity index (χ0n) is 29.1. The number of rotatable bonds is 1. The van der Waals surface area contributed by atoms with Crippen LogP contribution in [0.3, 0.4) is 0 Å². The molecule has 0 fully saturated rings. The smallest absolute Gasteiger partial charge is 0.138 e. The predicted molar refractivity (Wildman–Crippen MR) is 197 cm³/mol. The van der Waals surface area contributed by atoms with Gasteiger partial charge in [0.15, 0.2) is 0 Å². The lowest BCUT2D eigenvalue weighted by Gasteiger charge is -2.28. The standard InChI is InChI=1S/C43H33N6/c1-41(2,3)25-10-28-34(22(16-44)17-45)30-12-26(42(4,5)6)14-32-36(24(20-48)21-49)33-15-27(43(7,8)9)13-31-35(23(18-46)19-47)29(11-25)37(28)40(38(30)32)39(31)33/h10-15H,1-9H3. The summed E-state index contributed by atoms with van der Waals surface area (Å²) >= 11 is 0. The molecule has 49 heavy (non-hydrogen) atoms. The van der Waals surface area contributed by atoms with Crippen molar-refractivity contribution in [3.8, 4) is 30.3 Å². The largest absolute Gasteiger partial charge is 0.192 e. The van der Waals surface area contributed by atoms with E-state index in [1.54, 1.807) is 0 Å². The van der Waals surface area contributed by atoms with Crippen LogP contribution in [0.15, 0.2) is 36.4 Å². The Morgan fingerprint density at radius 3 is 0.959 bits per heavy atom. The van der Waals surface area contributed by atoms with Gasteiger partial charge < -0.3 is 0 Å². The van der Waals surface area contributed by atoms with E-state index >= 15 is 0 Å². The lowest BCUT2D eigenvalue weighted by molar-refractivity contribution is 0.591. The fraction of sp³-hybridized carbons (Fsp3) is 0.279. The molecule has 0 aromatic heterocycles. The fourth-order valence-corrected chi connectivity index (χ4v) is 7.25. The number of benzene rings is 6. The van der Waals surface area contributed by atoms with Crippen molar-refractivity contribution in [2.45, 2.75) is 78.6 Å². The Kier molecular flexibility index (Phi) is 7.11. The Hall–Kier alpha value is -6.22. The molecule has 0 aliphatic carbocycles. The van der Waals surface area contributed by atoms with E-state index in [2.05, 4.69) is 98.5 Å². The third kappa shape index (κ3) is 4.61. The summed E-state index contributed by atoms with van der Waals surface area (Å²) in [5.74, 6) is 2.16. The summed E-state index contributed by atoms with van der Waals surface area (Å²) < 4.78 is 0. The quantitative estimate of drug-likeness (QED) is 0.0781. The van der Waals surface area contributed by atoms with Crippen molar-refractivity contribution in [1.82, 2.24) is 5.41 Å². The second-order valence-corrected chi connectivity index (χ2v) is 15.9. The van der Waals surface area contributed by atoms with Gasteiger partial charge in [-0.1, -0.05) is 67.7 Å². The second kappa shape index (κ2) is 10.6. The number of hydrogen-bond acceptors (Lipinski definition) is 5. The number of allylic oxidation sites excluding steroid dienone is 1. The minimum absolute atomic E-state index is 0.0714. The van der Waals surface area contributed by atoms with Gasteiger partial charge in [-0.3, -0.25) is 0 Å². The van der Waals surface area contributed by atoms with Gasteiger partial charge in [-0.25, -0.2) is 0 Å². The Morgan fingerprint density at radius 1 is 0.429 bits per heavy atom. The third-order valence-corrected chi connectivity index (χ3v) is 9.80. The summed E-state index contributed by atoms with van der Waals surface area (Å²) in [7, 11) is 0. The Balaban J connectivity index is 2.29. The predicted octanol–water partition coefficient (Wildman–Crippen LogP) is 7.99. The molecule has 1 radical (unpaired) electrons. The summed E-state index contributed by atoms with van der Waals surface area (Å²) in [6, 6.07) is 23.0. The first kappa shape index (κ1) is 32.7. The highest BCUT2D eigenvalue weighted by Gasteiger charge is 2.30. The zero-order chi connectivity index (χ0) is 36.0. The van der Waals surface area contributed by atoms with Crippen molar-refractivity contribution in [1.29, 1.82) is 26.3 Å². The molecule has 0 spiro atoms. The van der Waals surface area contributed by atoms with E-state index in [0.29, 0.717) is 48.3 Å². The van der Waals surface area contributed by atoms with Crippen LogP contribution in [0.25, 0.3) is 70.6 Å². The minimum Gasteiger partial charge on any atom is -0.192 e. The molecule has 0 saturated carbocycles. The maximum atomic E-state index is 10.4. The highest BCUT2D eigenvalue weighted by atomic mass is 14.4. The molecule has 235 valence electrons. The molecule has 6 heteroatoms. The van der Waals surface area contributed by atoms with Gasteiger partial charge in [-0.05, 0) is 123 Å². The van der Waals surface area contributed by atoms with Crippen LogP contribution in [0.2, 0.25) is 0 Å². The average molecular weight is 634 g/mol. The molecule has 0 amide bonds. The summed E-state index contributed by atoms with van der Waals surface area (Å²) in [4.78, 5) is 0. The molecular weight excluding hydrogens is 601 g/mol. The van der Waals surface area contributed by atoms with E-state index in [1.165, 1.54) is 0 Å². The van der Waals surface area contributed by atoms with Gasteiger partial charge in [-0.15, -0.1) is 0 Å². The maximum absolute atomic E-state index is 10.4. The second-order valence-electron chi connectivity index (χ2n) is 15.9. The van der Waals surface area contributed by atoms with Crippen molar-refractivity contribution in [3.05, 3.63) is 69.1 Å². The van der Waals surface area contributed by atoms with E-state index < -0.39 is 0 Å². The highest BCUT2D eigenvalue weighted by Crippen LogP contribution is 2.48. The Labute approximate surface area is 285 Å². The SMILES string of the molecule is CC(C)(C)c1cc2c(C(=C=[N])C#N)c3cc(C(C)(C)C)cc4c(=C(C#N)C#N)c5cc(C(C)(C)C)cc6c(=C(C#N)C#N)c(c1)c2c(c34)c65. The van der Waals surface area contributed by atoms with Crippen LogP contribution < -0.4 is 15.8 Å². The summed E-state index contributed by atoms with van der Waals surface area (Å²) in [5.41, 5.74) is 1.87. The molecule has 6 nitrogen and oxygen atoms in total. The van der Waals surface area contributed by atoms with E-state index in [-0.39, 0.29) is 33.0 Å². The molecule has 0 saturated heterocycles. The first-order chi connectivity index (χ1) is 23.0. The lowest BCUT2D eigenvalue weighted by Crippen LogP contribution is -2.20. The topological polar surface area (TPSA) is 141 Å². The van der Waals surface area contributed by atoms with Crippen molar-refractivity contribution >= 4 is 76.5 Å². The number of hydrogen-bond donors (Lipinski definition) is 0. The third-order valence-electron chi connectivity index (χ3n) is 9.80. The summed E-state index contributed by atoms with van der Waals surface area (Å²) in [6.45, 7) is 18.7. The molecular formula is C43H33N6. The van der Waals surface area contributed by atoms with Crippen molar-refractivity contribution in [2.24, 2.45) is 0 Å². The van der Waals surface area contributed by atoms with Crippen LogP contribution in [0.1, 0.15) is 84.6 Å². The molecule has 0 heterocycles. The van der Waals surface area contributed by atoms with Gasteiger partial charge in [-0.2, -0.15) is 26.3 Å². The molecule has 0 unspecified atom stereocenters. The normalized spacial score (nSPS) is 12.1. The Bertz CT molecular complexity index is 2660. The minimum atomic E-state index is -0.375. The monoisotopic (exact) mass is 633 g/mol. The zero-order valence-corrected chi connectivity index (χ0v) is 29.1. The molecule has 6 rings (SSSR count). The fourth-order valence-electron chi connectivity index (χ4n) is 7.25. The van der Waals surface area contributed by atoms with E-state index in [4.69, 9.17) is 0 Å². The van der Waals surface area contributed by atoms with Crippen molar-refractivity contribution < 1.29 is 0 Å². The molecule has 6 aromatic carbocycles. The molecule has 0 atom stereocenters. The van der Waals surface area contributed by atoms with Crippen LogP contribution in [0.5, 0.6) is 0 Å². The summed E-state index contributed by atoms with van der Waals surface area (Å²) in [5, 5.41) is 70.7. The van der Waals surface area contributed by atoms with Crippen LogP contribution in [-0.4, -0.2) is 5.87 Å². The van der Waals surface area contributed by atoms with Gasteiger partial charge in [0.1, 0.15) is 47.1 Å². The molecule has 6 aromatic rings. The van der Waals surface area contributed by atoms with Gasteiger partial charge in [0, 0.05) is 21.9 Å². The van der Waals surface area contributed by atoms with Crippen LogP contribution in [0.4, 0.5) is 0 Å². The van der Waals surface area contributed by atoms with E-state index in [0.717, 1.165) is 38.2 Å². The van der Waals surface area contributed by atoms with Gasteiger partial charge in [0.2, 0.25) is 0 Å². The van der Waals surface area contributed by atoms with E-state index in [1.807, 2.05) is 36.4 Å². The van der Waals surface area contributed by atoms with Gasteiger partial charge in [0.25, 0.3) is 0 Å². The molecule has 0 aliphatic heterocycles. The molecule has 0 bridgehead atoms. The van der Waals surface area contributed by atoms with Gasteiger partial charge >= 0.3 is 0 Å². The van der Waals surface area contributed by atoms with Crippen molar-refractivity contribution in [3.63, 3.8) is 0 Å². The van der Waals surface area contributed by atoms with Crippen LogP contribution in [-0.2, 0) is 16.2 Å². The number of nitriles is 5. The Morgan fingerprint density at radius 2 is 0.714 bits per heavy atom. The maximum Gasteiger partial charge on any atom is 0.138 e. The lowest BCUT2D eigenvalue weighted by atomic mass is 9.74. The van der Waals surface area contributed by atoms with Crippen LogP contribution in [0, 0.1) is 56.7 Å². The van der Waals surface area contributed by atoms with E-state index in [9.17, 15) is 31.7 Å². The molecule has 0 aliphatic rings. The number of nitrogens with zero attached hydrogens (tertiary/aromatic N) is 6.